The fourth-order valence-corrected chi connectivity index (χ4v) is 3.23. The van der Waals surface area contributed by atoms with Crippen LogP contribution in [-0.4, -0.2) is 28.2 Å². The second-order valence-corrected chi connectivity index (χ2v) is 7.06. The molecule has 0 aliphatic rings. The lowest BCUT2D eigenvalue weighted by molar-refractivity contribution is -0.115. The Kier molecular flexibility index (Phi) is 6.03. The van der Waals surface area contributed by atoms with Gasteiger partial charge in [-0.1, -0.05) is 24.3 Å². The van der Waals surface area contributed by atoms with Crippen LogP contribution in [0.5, 0.6) is 0 Å². The Morgan fingerprint density at radius 3 is 2.53 bits per heavy atom. The molecule has 0 aliphatic carbocycles. The predicted octanol–water partition coefficient (Wildman–Crippen LogP) is 3.40. The normalized spacial score (nSPS) is 11.1. The van der Waals surface area contributed by atoms with Gasteiger partial charge in [0.1, 0.15) is 18.2 Å². The highest BCUT2D eigenvalue weighted by atomic mass is 19.1. The molecule has 0 unspecified atom stereocenters. The monoisotopic (exact) mass is 429 g/mol. The number of amides is 1. The van der Waals surface area contributed by atoms with Crippen LogP contribution in [0.25, 0.3) is 16.6 Å². The molecule has 7 nitrogen and oxygen atoms in total. The molecule has 1 aromatic heterocycles. The number of rotatable bonds is 6. The number of aryl methyl sites for hydroxylation is 1. The van der Waals surface area contributed by atoms with Crippen molar-refractivity contribution in [1.82, 2.24) is 15.0 Å². The Hall–Kier alpha value is -4.33. The van der Waals surface area contributed by atoms with Crippen molar-refractivity contribution in [3.63, 3.8) is 0 Å². The summed E-state index contributed by atoms with van der Waals surface area (Å²) in [6.07, 6.45) is 1.50. The van der Waals surface area contributed by atoms with Crippen molar-refractivity contribution < 1.29 is 9.18 Å². The summed E-state index contributed by atoms with van der Waals surface area (Å²) in [5, 5.41) is 7.25. The first-order valence-corrected chi connectivity index (χ1v) is 9.91. The molecule has 1 heterocycles. The minimum Gasteiger partial charge on any atom is -0.325 e. The number of fused-ring (bicyclic) bond motifs is 1. The maximum atomic E-state index is 12.9. The minimum absolute atomic E-state index is 0.0351. The van der Waals surface area contributed by atoms with Crippen molar-refractivity contribution in [2.24, 2.45) is 5.10 Å². The zero-order chi connectivity index (χ0) is 22.5. The van der Waals surface area contributed by atoms with Crippen molar-refractivity contribution in [2.45, 2.75) is 6.92 Å². The molecular formula is C24H20FN5O2. The molecule has 160 valence electrons. The van der Waals surface area contributed by atoms with E-state index in [1.165, 1.54) is 18.3 Å². The van der Waals surface area contributed by atoms with E-state index in [1.807, 2.05) is 18.2 Å². The Morgan fingerprint density at radius 2 is 1.78 bits per heavy atom. The molecule has 0 saturated carbocycles. The van der Waals surface area contributed by atoms with E-state index < -0.39 is 0 Å². The SMILES string of the molecule is Cc1nc2ccccc2c(=O)n1-c1ccc(NC(=O)CN/N=C/c2ccc(F)cc2)cc1. The summed E-state index contributed by atoms with van der Waals surface area (Å²) in [5.74, 6) is -0.0270. The van der Waals surface area contributed by atoms with Crippen LogP contribution in [0.15, 0.2) is 82.7 Å². The summed E-state index contributed by atoms with van der Waals surface area (Å²) < 4.78 is 14.4. The number of aromatic nitrogens is 2. The van der Waals surface area contributed by atoms with Crippen LogP contribution in [0.1, 0.15) is 11.4 Å². The van der Waals surface area contributed by atoms with E-state index in [2.05, 4.69) is 20.8 Å². The van der Waals surface area contributed by atoms with Crippen molar-refractivity contribution in [3.05, 3.63) is 100 Å². The van der Waals surface area contributed by atoms with Crippen molar-refractivity contribution >= 4 is 28.7 Å². The predicted molar refractivity (Wildman–Crippen MR) is 123 cm³/mol. The maximum Gasteiger partial charge on any atom is 0.265 e. The van der Waals surface area contributed by atoms with E-state index in [0.717, 1.165) is 0 Å². The van der Waals surface area contributed by atoms with Crippen LogP contribution in [0.4, 0.5) is 10.1 Å². The first-order chi connectivity index (χ1) is 15.5. The van der Waals surface area contributed by atoms with Crippen LogP contribution in [0.2, 0.25) is 0 Å². The summed E-state index contributed by atoms with van der Waals surface area (Å²) in [6.45, 7) is 1.74. The number of anilines is 1. The van der Waals surface area contributed by atoms with Crippen molar-refractivity contribution in [1.29, 1.82) is 0 Å². The van der Waals surface area contributed by atoms with Gasteiger partial charge in [0, 0.05) is 5.69 Å². The molecule has 4 rings (SSSR count). The van der Waals surface area contributed by atoms with Gasteiger partial charge in [-0.3, -0.25) is 14.2 Å². The van der Waals surface area contributed by atoms with Crippen LogP contribution in [-0.2, 0) is 4.79 Å². The maximum absolute atomic E-state index is 12.9. The average Bonchev–Trinajstić information content (AvgIpc) is 2.79. The number of halogens is 1. The first kappa shape index (κ1) is 20.9. The van der Waals surface area contributed by atoms with Gasteiger partial charge in [-0.2, -0.15) is 5.10 Å². The third-order valence-corrected chi connectivity index (χ3v) is 4.77. The molecule has 0 bridgehead atoms. The zero-order valence-corrected chi connectivity index (χ0v) is 17.2. The van der Waals surface area contributed by atoms with Crippen molar-refractivity contribution in [3.8, 4) is 5.69 Å². The number of carbonyl (C=O) groups is 1. The molecule has 3 aromatic carbocycles. The lowest BCUT2D eigenvalue weighted by Crippen LogP contribution is -2.25. The van der Waals surface area contributed by atoms with Gasteiger partial charge in [0.2, 0.25) is 5.91 Å². The molecule has 0 atom stereocenters. The van der Waals surface area contributed by atoms with Gasteiger partial charge in [0.05, 0.1) is 22.8 Å². The average molecular weight is 429 g/mol. The summed E-state index contributed by atoms with van der Waals surface area (Å²) in [5.41, 5.74) is 5.11. The van der Waals surface area contributed by atoms with E-state index in [1.54, 1.807) is 54.0 Å². The Morgan fingerprint density at radius 1 is 1.06 bits per heavy atom. The number of nitrogens with zero attached hydrogens (tertiary/aromatic N) is 3. The van der Waals surface area contributed by atoms with Crippen LogP contribution in [0.3, 0.4) is 0 Å². The van der Waals surface area contributed by atoms with Gasteiger partial charge in [-0.25, -0.2) is 9.37 Å². The molecule has 2 N–H and O–H groups in total. The van der Waals surface area contributed by atoms with E-state index in [-0.39, 0.29) is 23.8 Å². The molecule has 0 saturated heterocycles. The number of para-hydroxylation sites is 1. The Bertz CT molecular complexity index is 1350. The van der Waals surface area contributed by atoms with Crippen LogP contribution in [0, 0.1) is 12.7 Å². The van der Waals surface area contributed by atoms with Gasteiger partial charge in [-0.15, -0.1) is 0 Å². The molecule has 0 spiro atoms. The van der Waals surface area contributed by atoms with E-state index in [0.29, 0.717) is 33.7 Å². The highest BCUT2D eigenvalue weighted by Crippen LogP contribution is 2.15. The fraction of sp³-hybridized carbons (Fsp3) is 0.0833. The zero-order valence-electron chi connectivity index (χ0n) is 17.2. The largest absolute Gasteiger partial charge is 0.325 e. The molecule has 0 fully saturated rings. The fourth-order valence-electron chi connectivity index (χ4n) is 3.23. The number of nitrogens with one attached hydrogen (secondary N) is 2. The molecule has 4 aromatic rings. The lowest BCUT2D eigenvalue weighted by atomic mass is 10.2. The van der Waals surface area contributed by atoms with Crippen molar-refractivity contribution in [2.75, 3.05) is 11.9 Å². The third-order valence-electron chi connectivity index (χ3n) is 4.77. The van der Waals surface area contributed by atoms with Gasteiger partial charge in [-0.05, 0) is 61.0 Å². The molecule has 1 amide bonds. The highest BCUT2D eigenvalue weighted by Gasteiger charge is 2.10. The molecule has 8 heteroatoms. The second kappa shape index (κ2) is 9.22. The number of hydrogen-bond acceptors (Lipinski definition) is 5. The Labute approximate surface area is 183 Å². The van der Waals surface area contributed by atoms with Gasteiger partial charge < -0.3 is 10.7 Å². The standard InChI is InChI=1S/C24H20FN5O2/c1-16-28-22-5-3-2-4-21(22)24(32)30(16)20-12-10-19(11-13-20)29-23(31)15-27-26-14-17-6-8-18(25)9-7-17/h2-14,27H,15H2,1H3,(H,29,31)/b26-14+. The number of hydrazone groups is 1. The number of benzene rings is 3. The summed E-state index contributed by atoms with van der Waals surface area (Å²) in [7, 11) is 0. The van der Waals surface area contributed by atoms with Crippen LogP contribution >= 0.6 is 0 Å². The van der Waals surface area contributed by atoms with E-state index in [9.17, 15) is 14.0 Å². The molecule has 32 heavy (non-hydrogen) atoms. The number of carbonyl (C=O) groups excluding carboxylic acids is 1. The highest BCUT2D eigenvalue weighted by molar-refractivity contribution is 5.92. The van der Waals surface area contributed by atoms with Gasteiger partial charge in [0.25, 0.3) is 5.56 Å². The third kappa shape index (κ3) is 4.70. The topological polar surface area (TPSA) is 88.4 Å². The second-order valence-electron chi connectivity index (χ2n) is 7.06. The smallest absolute Gasteiger partial charge is 0.265 e. The van der Waals surface area contributed by atoms with E-state index >= 15 is 0 Å². The first-order valence-electron chi connectivity index (χ1n) is 9.91. The summed E-state index contributed by atoms with van der Waals surface area (Å²) in [4.78, 5) is 29.5. The van der Waals surface area contributed by atoms with Crippen LogP contribution < -0.4 is 16.3 Å². The minimum atomic E-state index is -0.322. The lowest BCUT2D eigenvalue weighted by Gasteiger charge is -2.12. The Balaban J connectivity index is 1.40. The van der Waals surface area contributed by atoms with Gasteiger partial charge >= 0.3 is 0 Å². The molecular weight excluding hydrogens is 409 g/mol. The number of hydrogen-bond donors (Lipinski definition) is 2. The molecule has 0 aliphatic heterocycles. The van der Waals surface area contributed by atoms with E-state index in [4.69, 9.17) is 0 Å². The quantitative estimate of drug-likeness (QED) is 0.363. The molecule has 0 radical (unpaired) electrons. The summed E-state index contributed by atoms with van der Waals surface area (Å²) >= 11 is 0. The summed E-state index contributed by atoms with van der Waals surface area (Å²) in [6, 6.07) is 20.0. The van der Waals surface area contributed by atoms with Gasteiger partial charge in [0.15, 0.2) is 0 Å².